The van der Waals surface area contributed by atoms with Crippen LogP contribution in [-0.4, -0.2) is 38.8 Å². The second kappa shape index (κ2) is 7.92. The molecule has 0 aliphatic carbocycles. The summed E-state index contributed by atoms with van der Waals surface area (Å²) in [6.45, 7) is 2.10. The van der Waals surface area contributed by atoms with Crippen molar-refractivity contribution in [1.29, 1.82) is 0 Å². The number of halogens is 1. The average molecular weight is 411 g/mol. The van der Waals surface area contributed by atoms with Gasteiger partial charge >= 0.3 is 0 Å². The van der Waals surface area contributed by atoms with Crippen LogP contribution in [0.5, 0.6) is 0 Å². The van der Waals surface area contributed by atoms with Crippen LogP contribution in [-0.2, 0) is 14.8 Å². The summed E-state index contributed by atoms with van der Waals surface area (Å²) >= 11 is 3.27. The molecule has 0 fully saturated rings. The second-order valence-electron chi connectivity index (χ2n) is 5.19. The maximum atomic E-state index is 12.6. The average Bonchev–Trinajstić information content (AvgIpc) is 2.57. The van der Waals surface area contributed by atoms with E-state index in [0.29, 0.717) is 6.54 Å². The molecular formula is C17H19BrN2O3S. The van der Waals surface area contributed by atoms with Gasteiger partial charge in [-0.05, 0) is 43.3 Å². The van der Waals surface area contributed by atoms with Gasteiger partial charge in [-0.3, -0.25) is 4.79 Å². The highest BCUT2D eigenvalue weighted by Crippen LogP contribution is 2.19. The van der Waals surface area contributed by atoms with Crippen LogP contribution in [0.15, 0.2) is 64.0 Å². The van der Waals surface area contributed by atoms with E-state index >= 15 is 0 Å². The van der Waals surface area contributed by atoms with E-state index < -0.39 is 10.0 Å². The van der Waals surface area contributed by atoms with Crippen LogP contribution >= 0.6 is 15.9 Å². The summed E-state index contributed by atoms with van der Waals surface area (Å²) in [5.41, 5.74) is 0.749. The van der Waals surface area contributed by atoms with Crippen molar-refractivity contribution in [3.8, 4) is 0 Å². The number of carbonyl (C=O) groups excluding carboxylic acids is 1. The minimum absolute atomic E-state index is 0.156. The summed E-state index contributed by atoms with van der Waals surface area (Å²) in [5, 5.41) is 0. The molecule has 0 radical (unpaired) electrons. The normalized spacial score (nSPS) is 11.5. The Morgan fingerprint density at radius 3 is 2.17 bits per heavy atom. The van der Waals surface area contributed by atoms with Gasteiger partial charge in [-0.1, -0.05) is 34.1 Å². The first kappa shape index (κ1) is 18.6. The lowest BCUT2D eigenvalue weighted by Crippen LogP contribution is -2.41. The number of benzene rings is 2. The van der Waals surface area contributed by atoms with Crippen molar-refractivity contribution < 1.29 is 13.2 Å². The van der Waals surface area contributed by atoms with Crippen LogP contribution in [0, 0.1) is 0 Å². The molecular weight excluding hydrogens is 392 g/mol. The third-order valence-corrected chi connectivity index (χ3v) is 5.91. The molecule has 2 aromatic rings. The highest BCUT2D eigenvalue weighted by Gasteiger charge is 2.25. The molecule has 24 heavy (non-hydrogen) atoms. The number of rotatable bonds is 6. The lowest BCUT2D eigenvalue weighted by molar-refractivity contribution is -0.118. The van der Waals surface area contributed by atoms with E-state index in [1.807, 2.05) is 37.3 Å². The zero-order chi connectivity index (χ0) is 17.7. The zero-order valence-electron chi connectivity index (χ0n) is 13.5. The number of carbonyl (C=O) groups is 1. The lowest BCUT2D eigenvalue weighted by atomic mass is 10.3. The molecule has 0 aliphatic rings. The minimum Gasteiger partial charge on any atom is -0.312 e. The monoisotopic (exact) mass is 410 g/mol. The summed E-state index contributed by atoms with van der Waals surface area (Å²) in [5.74, 6) is -0.271. The summed E-state index contributed by atoms with van der Waals surface area (Å²) < 4.78 is 27.0. The molecule has 5 nitrogen and oxygen atoms in total. The number of para-hydroxylation sites is 1. The Hall–Kier alpha value is -1.70. The Balaban J connectivity index is 2.17. The second-order valence-corrected chi connectivity index (χ2v) is 8.15. The highest BCUT2D eigenvalue weighted by atomic mass is 79.9. The van der Waals surface area contributed by atoms with Crippen LogP contribution in [0.25, 0.3) is 0 Å². The van der Waals surface area contributed by atoms with E-state index in [1.165, 1.54) is 19.2 Å². The Morgan fingerprint density at radius 1 is 1.04 bits per heavy atom. The lowest BCUT2D eigenvalue weighted by Gasteiger charge is -2.24. The Bertz CT molecular complexity index is 792. The van der Waals surface area contributed by atoms with Crippen LogP contribution in [0.4, 0.5) is 5.69 Å². The Labute approximate surface area is 151 Å². The molecule has 7 heteroatoms. The van der Waals surface area contributed by atoms with Crippen molar-refractivity contribution in [3.05, 3.63) is 59.1 Å². The number of hydrogen-bond donors (Lipinski definition) is 0. The van der Waals surface area contributed by atoms with Gasteiger partial charge in [-0.2, -0.15) is 4.31 Å². The standard InChI is InChI=1S/C17H19BrN2O3S/c1-3-20(15-7-5-4-6-8-15)17(21)13-19(2)24(22,23)16-11-9-14(18)10-12-16/h4-12H,3,13H2,1-2H3. The third kappa shape index (κ3) is 4.23. The molecule has 1 amide bonds. The van der Waals surface area contributed by atoms with Crippen LogP contribution in [0.1, 0.15) is 6.92 Å². The molecule has 0 bridgehead atoms. The van der Waals surface area contributed by atoms with Crippen LogP contribution in [0.3, 0.4) is 0 Å². The van der Waals surface area contributed by atoms with Gasteiger partial charge in [0.05, 0.1) is 11.4 Å². The molecule has 0 aromatic heterocycles. The molecule has 0 atom stereocenters. The minimum atomic E-state index is -3.71. The fourth-order valence-electron chi connectivity index (χ4n) is 2.26. The predicted molar refractivity (Wildman–Crippen MR) is 98.4 cm³/mol. The van der Waals surface area contributed by atoms with E-state index in [2.05, 4.69) is 15.9 Å². The van der Waals surface area contributed by atoms with E-state index in [9.17, 15) is 13.2 Å². The van der Waals surface area contributed by atoms with Gasteiger partial charge in [0.1, 0.15) is 0 Å². The number of nitrogens with zero attached hydrogens (tertiary/aromatic N) is 2. The van der Waals surface area contributed by atoms with E-state index in [1.54, 1.807) is 17.0 Å². The highest BCUT2D eigenvalue weighted by molar-refractivity contribution is 9.10. The predicted octanol–water partition coefficient (Wildman–Crippen LogP) is 3.12. The Morgan fingerprint density at radius 2 is 1.62 bits per heavy atom. The Kier molecular flexibility index (Phi) is 6.15. The molecule has 0 saturated heterocycles. The molecule has 0 heterocycles. The molecule has 128 valence electrons. The number of anilines is 1. The van der Waals surface area contributed by atoms with Crippen molar-refractivity contribution in [2.45, 2.75) is 11.8 Å². The first-order valence-corrected chi connectivity index (χ1v) is 9.67. The van der Waals surface area contributed by atoms with Crippen LogP contribution < -0.4 is 4.90 Å². The SMILES string of the molecule is CCN(C(=O)CN(C)S(=O)(=O)c1ccc(Br)cc1)c1ccccc1. The summed E-state index contributed by atoms with van der Waals surface area (Å²) in [7, 11) is -2.30. The van der Waals surface area contributed by atoms with Gasteiger partial charge in [-0.15, -0.1) is 0 Å². The quantitative estimate of drug-likeness (QED) is 0.734. The van der Waals surface area contributed by atoms with Crippen molar-refractivity contribution in [2.75, 3.05) is 25.0 Å². The van der Waals surface area contributed by atoms with Gasteiger partial charge in [0.15, 0.2) is 0 Å². The molecule has 2 rings (SSSR count). The van der Waals surface area contributed by atoms with Gasteiger partial charge in [0.2, 0.25) is 15.9 Å². The number of amides is 1. The molecule has 0 unspecified atom stereocenters. The number of hydrogen-bond acceptors (Lipinski definition) is 3. The van der Waals surface area contributed by atoms with Gasteiger partial charge in [-0.25, -0.2) is 8.42 Å². The van der Waals surface area contributed by atoms with Crippen molar-refractivity contribution in [2.24, 2.45) is 0 Å². The van der Waals surface area contributed by atoms with Gasteiger partial charge < -0.3 is 4.90 Å². The largest absolute Gasteiger partial charge is 0.312 e. The summed E-state index contributed by atoms with van der Waals surface area (Å²) in [6.07, 6.45) is 0. The summed E-state index contributed by atoms with van der Waals surface area (Å²) in [4.78, 5) is 14.2. The first-order valence-electron chi connectivity index (χ1n) is 7.43. The maximum Gasteiger partial charge on any atom is 0.243 e. The molecule has 0 aliphatic heterocycles. The maximum absolute atomic E-state index is 12.6. The molecule has 0 spiro atoms. The van der Waals surface area contributed by atoms with Gasteiger partial charge in [0, 0.05) is 23.8 Å². The molecule has 0 saturated carbocycles. The molecule has 0 N–H and O–H groups in total. The van der Waals surface area contributed by atoms with Crippen molar-refractivity contribution in [3.63, 3.8) is 0 Å². The van der Waals surface area contributed by atoms with Crippen molar-refractivity contribution in [1.82, 2.24) is 4.31 Å². The molecule has 2 aromatic carbocycles. The first-order chi connectivity index (χ1) is 11.4. The fraction of sp³-hybridized carbons (Fsp3) is 0.235. The summed E-state index contributed by atoms with van der Waals surface area (Å²) in [6, 6.07) is 15.5. The van der Waals surface area contributed by atoms with E-state index in [0.717, 1.165) is 14.5 Å². The fourth-order valence-corrected chi connectivity index (χ4v) is 3.64. The van der Waals surface area contributed by atoms with Crippen molar-refractivity contribution >= 4 is 37.5 Å². The topological polar surface area (TPSA) is 57.7 Å². The number of likely N-dealkylation sites (N-methyl/N-ethyl adjacent to an activating group) is 2. The third-order valence-electron chi connectivity index (χ3n) is 3.56. The van der Waals surface area contributed by atoms with E-state index in [4.69, 9.17) is 0 Å². The smallest absolute Gasteiger partial charge is 0.243 e. The van der Waals surface area contributed by atoms with E-state index in [-0.39, 0.29) is 17.3 Å². The zero-order valence-corrected chi connectivity index (χ0v) is 15.9. The van der Waals surface area contributed by atoms with Crippen LogP contribution in [0.2, 0.25) is 0 Å². The van der Waals surface area contributed by atoms with Gasteiger partial charge in [0.25, 0.3) is 0 Å². The number of sulfonamides is 1.